The monoisotopic (exact) mass is 466 g/mol. The van der Waals surface area contributed by atoms with Crippen LogP contribution in [0.25, 0.3) is 0 Å². The Morgan fingerprint density at radius 3 is 1.79 bits per heavy atom. The quantitative estimate of drug-likeness (QED) is 0.170. The van der Waals surface area contributed by atoms with Crippen molar-refractivity contribution < 1.29 is 19.1 Å². The van der Waals surface area contributed by atoms with Gasteiger partial charge in [0.05, 0.1) is 11.1 Å². The molecule has 0 aliphatic rings. The summed E-state index contributed by atoms with van der Waals surface area (Å²) in [7, 11) is 0. The Morgan fingerprint density at radius 2 is 1.32 bits per heavy atom. The van der Waals surface area contributed by atoms with Crippen LogP contribution in [0.4, 0.5) is 0 Å². The number of rotatable bonds is 13. The molecule has 2 rings (SSSR count). The van der Waals surface area contributed by atoms with Crippen molar-refractivity contribution in [1.29, 1.82) is 0 Å². The molecular formula is C30H42O4. The summed E-state index contributed by atoms with van der Waals surface area (Å²) in [5, 5.41) is 0. The number of ether oxygens (including phenoxy) is 2. The van der Waals surface area contributed by atoms with Crippen LogP contribution in [-0.2, 0) is 9.47 Å². The van der Waals surface area contributed by atoms with Gasteiger partial charge in [0.25, 0.3) is 0 Å². The summed E-state index contributed by atoms with van der Waals surface area (Å²) in [5.74, 6) is -0.710. The SMILES string of the molecule is C=C(CC)CCCCC.CCCC(CC(C)OC(=O)c1ccccc1)OC(=O)c1ccccc1. The van der Waals surface area contributed by atoms with E-state index in [1.165, 1.54) is 31.3 Å². The lowest BCUT2D eigenvalue weighted by Crippen LogP contribution is -2.25. The van der Waals surface area contributed by atoms with Crippen LogP contribution in [0.3, 0.4) is 0 Å². The number of hydrogen-bond donors (Lipinski definition) is 0. The van der Waals surface area contributed by atoms with E-state index in [0.29, 0.717) is 17.5 Å². The lowest BCUT2D eigenvalue weighted by atomic mass is 10.1. The maximum absolute atomic E-state index is 12.2. The van der Waals surface area contributed by atoms with Gasteiger partial charge in [0.2, 0.25) is 0 Å². The predicted octanol–water partition coefficient (Wildman–Crippen LogP) is 8.18. The fourth-order valence-electron chi connectivity index (χ4n) is 3.39. The molecule has 2 aromatic carbocycles. The highest BCUT2D eigenvalue weighted by atomic mass is 16.6. The highest BCUT2D eigenvalue weighted by Gasteiger charge is 2.21. The van der Waals surface area contributed by atoms with Crippen molar-refractivity contribution in [3.8, 4) is 0 Å². The van der Waals surface area contributed by atoms with Gasteiger partial charge in [0, 0.05) is 6.42 Å². The summed E-state index contributed by atoms with van der Waals surface area (Å²) in [6, 6.07) is 17.8. The van der Waals surface area contributed by atoms with Crippen LogP contribution in [0, 0.1) is 0 Å². The van der Waals surface area contributed by atoms with Crippen molar-refractivity contribution in [1.82, 2.24) is 0 Å². The molecule has 2 aromatic rings. The van der Waals surface area contributed by atoms with Gasteiger partial charge in [0.1, 0.15) is 12.2 Å². The number of carbonyl (C=O) groups excluding carboxylic acids is 2. The van der Waals surface area contributed by atoms with Crippen LogP contribution in [0.5, 0.6) is 0 Å². The highest BCUT2D eigenvalue weighted by molar-refractivity contribution is 5.90. The van der Waals surface area contributed by atoms with Crippen LogP contribution in [0.1, 0.15) is 99.8 Å². The molecule has 34 heavy (non-hydrogen) atoms. The summed E-state index contributed by atoms with van der Waals surface area (Å²) < 4.78 is 11.1. The molecule has 4 nitrogen and oxygen atoms in total. The first-order chi connectivity index (χ1) is 16.4. The number of esters is 2. The van der Waals surface area contributed by atoms with Gasteiger partial charge in [-0.25, -0.2) is 9.59 Å². The molecule has 0 heterocycles. The number of unbranched alkanes of at least 4 members (excludes halogenated alkanes) is 2. The molecule has 0 amide bonds. The van der Waals surface area contributed by atoms with Crippen LogP contribution in [0.15, 0.2) is 72.8 Å². The molecule has 0 aliphatic heterocycles. The van der Waals surface area contributed by atoms with Gasteiger partial charge in [-0.15, -0.1) is 0 Å². The Labute approximate surface area is 206 Å². The van der Waals surface area contributed by atoms with Crippen LogP contribution < -0.4 is 0 Å². The van der Waals surface area contributed by atoms with Crippen LogP contribution >= 0.6 is 0 Å². The Hall–Kier alpha value is -2.88. The van der Waals surface area contributed by atoms with Gasteiger partial charge in [-0.3, -0.25) is 0 Å². The fraction of sp³-hybridized carbons (Fsp3) is 0.467. The van der Waals surface area contributed by atoms with Gasteiger partial charge >= 0.3 is 11.9 Å². The molecule has 0 aliphatic carbocycles. The second-order valence-corrected chi connectivity index (χ2v) is 8.56. The molecular weight excluding hydrogens is 424 g/mol. The Kier molecular flexibility index (Phi) is 15.1. The van der Waals surface area contributed by atoms with Gasteiger partial charge in [-0.05, 0) is 56.9 Å². The lowest BCUT2D eigenvalue weighted by Gasteiger charge is -2.21. The van der Waals surface area contributed by atoms with E-state index < -0.39 is 0 Å². The maximum atomic E-state index is 12.2. The maximum Gasteiger partial charge on any atom is 0.338 e. The van der Waals surface area contributed by atoms with E-state index in [4.69, 9.17) is 9.47 Å². The van der Waals surface area contributed by atoms with Gasteiger partial charge in [0.15, 0.2) is 0 Å². The molecule has 0 saturated heterocycles. The van der Waals surface area contributed by atoms with Crippen LogP contribution in [-0.4, -0.2) is 24.1 Å². The van der Waals surface area contributed by atoms with E-state index in [1.54, 1.807) is 48.5 Å². The zero-order valence-electron chi connectivity index (χ0n) is 21.4. The van der Waals surface area contributed by atoms with E-state index >= 15 is 0 Å². The minimum atomic E-state index is -0.363. The lowest BCUT2D eigenvalue weighted by molar-refractivity contribution is 0.00162. The topological polar surface area (TPSA) is 52.6 Å². The molecule has 0 spiro atoms. The average Bonchev–Trinajstić information content (AvgIpc) is 2.85. The second kappa shape index (κ2) is 17.6. The molecule has 0 N–H and O–H groups in total. The molecule has 4 heteroatoms. The van der Waals surface area contributed by atoms with Crippen molar-refractivity contribution in [2.75, 3.05) is 0 Å². The first kappa shape index (κ1) is 29.2. The number of benzene rings is 2. The standard InChI is InChI=1S/C21H24O4.C9H18/c1-3-10-19(25-21(23)18-13-8-5-9-14-18)15-16(2)24-20(22)17-11-6-4-7-12-17;1-4-6-7-8-9(3)5-2/h4-9,11-14,16,19H,3,10,15H2,1-2H3;3-8H2,1-2H3. The van der Waals surface area contributed by atoms with Crippen molar-refractivity contribution in [3.63, 3.8) is 0 Å². The minimum absolute atomic E-state index is 0.281. The third-order valence-corrected chi connectivity index (χ3v) is 5.44. The molecule has 0 fully saturated rings. The van der Waals surface area contributed by atoms with Crippen molar-refractivity contribution in [2.45, 2.75) is 91.3 Å². The van der Waals surface area contributed by atoms with Gasteiger partial charge < -0.3 is 9.47 Å². The molecule has 0 aromatic heterocycles. The molecule has 2 atom stereocenters. The van der Waals surface area contributed by atoms with E-state index in [2.05, 4.69) is 20.4 Å². The fourth-order valence-corrected chi connectivity index (χ4v) is 3.39. The van der Waals surface area contributed by atoms with Gasteiger partial charge in [-0.1, -0.05) is 88.6 Å². The van der Waals surface area contributed by atoms with E-state index in [0.717, 1.165) is 19.3 Å². The number of carbonyl (C=O) groups is 2. The van der Waals surface area contributed by atoms with E-state index in [1.807, 2.05) is 26.0 Å². The molecule has 186 valence electrons. The van der Waals surface area contributed by atoms with Crippen molar-refractivity contribution >= 4 is 11.9 Å². The predicted molar refractivity (Wildman–Crippen MR) is 140 cm³/mol. The van der Waals surface area contributed by atoms with Crippen molar-refractivity contribution in [2.24, 2.45) is 0 Å². The smallest absolute Gasteiger partial charge is 0.338 e. The van der Waals surface area contributed by atoms with Crippen molar-refractivity contribution in [3.05, 3.63) is 83.9 Å². The van der Waals surface area contributed by atoms with E-state index in [9.17, 15) is 9.59 Å². The third-order valence-electron chi connectivity index (χ3n) is 5.44. The minimum Gasteiger partial charge on any atom is -0.459 e. The first-order valence-electron chi connectivity index (χ1n) is 12.6. The summed E-state index contributed by atoms with van der Waals surface area (Å²) in [5.41, 5.74) is 2.45. The Bertz CT molecular complexity index is 829. The van der Waals surface area contributed by atoms with Gasteiger partial charge in [-0.2, -0.15) is 0 Å². The summed E-state index contributed by atoms with van der Waals surface area (Å²) in [6.45, 7) is 12.2. The third kappa shape index (κ3) is 12.4. The van der Waals surface area contributed by atoms with E-state index in [-0.39, 0.29) is 24.1 Å². The molecule has 0 radical (unpaired) electrons. The average molecular weight is 467 g/mol. The largest absolute Gasteiger partial charge is 0.459 e. The Balaban J connectivity index is 0.000000546. The molecule has 2 unspecified atom stereocenters. The summed E-state index contributed by atoms with van der Waals surface area (Å²) >= 11 is 0. The molecule has 0 saturated carbocycles. The zero-order valence-corrected chi connectivity index (χ0v) is 21.4. The second-order valence-electron chi connectivity index (χ2n) is 8.56. The zero-order chi connectivity index (χ0) is 25.2. The number of hydrogen-bond acceptors (Lipinski definition) is 4. The molecule has 0 bridgehead atoms. The number of allylic oxidation sites excluding steroid dienone is 1. The Morgan fingerprint density at radius 1 is 0.794 bits per heavy atom. The summed E-state index contributed by atoms with van der Waals surface area (Å²) in [6.07, 6.45) is 7.87. The van der Waals surface area contributed by atoms with Crippen LogP contribution in [0.2, 0.25) is 0 Å². The normalized spacial score (nSPS) is 12.0. The summed E-state index contributed by atoms with van der Waals surface area (Å²) in [4.78, 5) is 24.3. The first-order valence-corrected chi connectivity index (χ1v) is 12.6. The highest BCUT2D eigenvalue weighted by Crippen LogP contribution is 2.16.